The van der Waals surface area contributed by atoms with Gasteiger partial charge in [-0.15, -0.1) is 24.0 Å². The summed E-state index contributed by atoms with van der Waals surface area (Å²) in [6, 6.07) is 6.23. The summed E-state index contributed by atoms with van der Waals surface area (Å²) < 4.78 is 22.1. The van der Waals surface area contributed by atoms with Crippen LogP contribution in [0.1, 0.15) is 25.8 Å². The van der Waals surface area contributed by atoms with Crippen molar-refractivity contribution in [3.8, 4) is 11.5 Å². The Morgan fingerprint density at radius 3 is 2.73 bits per heavy atom. The number of methoxy groups -OCH3 is 1. The second-order valence-corrected chi connectivity index (χ2v) is 8.31. The minimum Gasteiger partial charge on any atom is -0.486 e. The average molecular weight is 533 g/mol. The van der Waals surface area contributed by atoms with Gasteiger partial charge < -0.3 is 29.2 Å². The first kappa shape index (κ1) is 25.0. The predicted octanol–water partition coefficient (Wildman–Crippen LogP) is 2.91. The molecule has 1 atom stereocenters. The quantitative estimate of drug-likeness (QED) is 0.240. The minimum absolute atomic E-state index is 0. The van der Waals surface area contributed by atoms with Gasteiger partial charge in [0, 0.05) is 45.1 Å². The number of likely N-dealkylation sites (tertiary alicyclic amines) is 1. The summed E-state index contributed by atoms with van der Waals surface area (Å²) >= 11 is 0. The molecule has 0 bridgehead atoms. The molecule has 30 heavy (non-hydrogen) atoms. The molecule has 1 fully saturated rings. The maximum Gasteiger partial charge on any atom is 0.193 e. The van der Waals surface area contributed by atoms with Crippen molar-refractivity contribution in [3.05, 3.63) is 23.8 Å². The van der Waals surface area contributed by atoms with Gasteiger partial charge in [-0.2, -0.15) is 0 Å². The maximum absolute atomic E-state index is 5.75. The Bertz CT molecular complexity index is 699. The second-order valence-electron chi connectivity index (χ2n) is 8.31. The van der Waals surface area contributed by atoms with Crippen LogP contribution in [-0.2, 0) is 14.9 Å². The molecule has 1 aromatic carbocycles. The van der Waals surface area contributed by atoms with Crippen LogP contribution in [0.15, 0.2) is 23.2 Å². The molecule has 1 aromatic rings. The van der Waals surface area contributed by atoms with Crippen molar-refractivity contribution in [2.75, 3.05) is 66.8 Å². The zero-order valence-corrected chi connectivity index (χ0v) is 20.9. The molecule has 1 unspecified atom stereocenters. The fourth-order valence-electron chi connectivity index (χ4n) is 3.75. The largest absolute Gasteiger partial charge is 0.486 e. The lowest BCUT2D eigenvalue weighted by Crippen LogP contribution is -2.45. The van der Waals surface area contributed by atoms with Crippen LogP contribution in [0.2, 0.25) is 0 Å². The van der Waals surface area contributed by atoms with Crippen molar-refractivity contribution >= 4 is 29.9 Å². The Labute approximate surface area is 197 Å². The third kappa shape index (κ3) is 6.62. The van der Waals surface area contributed by atoms with Crippen molar-refractivity contribution in [3.63, 3.8) is 0 Å². The van der Waals surface area contributed by atoms with Crippen molar-refractivity contribution in [1.29, 1.82) is 0 Å². The van der Waals surface area contributed by atoms with Gasteiger partial charge in [-0.3, -0.25) is 4.99 Å². The maximum atomic E-state index is 5.75. The molecule has 2 heterocycles. The van der Waals surface area contributed by atoms with E-state index in [2.05, 4.69) is 41.2 Å². The first-order chi connectivity index (χ1) is 14.0. The van der Waals surface area contributed by atoms with E-state index >= 15 is 0 Å². The monoisotopic (exact) mass is 533 g/mol. The van der Waals surface area contributed by atoms with Crippen LogP contribution in [0.3, 0.4) is 0 Å². The zero-order chi connectivity index (χ0) is 20.7. The van der Waals surface area contributed by atoms with E-state index in [9.17, 15) is 0 Å². The van der Waals surface area contributed by atoms with E-state index in [4.69, 9.17) is 18.9 Å². The van der Waals surface area contributed by atoms with Crippen molar-refractivity contribution < 1.29 is 18.9 Å². The fraction of sp³-hybridized carbons (Fsp3) is 0.682. The highest BCUT2D eigenvalue weighted by atomic mass is 127. The summed E-state index contributed by atoms with van der Waals surface area (Å²) in [5.74, 6) is 3.16. The Morgan fingerprint density at radius 1 is 1.23 bits per heavy atom. The fourth-order valence-corrected chi connectivity index (χ4v) is 3.75. The Balaban J connectivity index is 0.00000320. The molecular formula is C22H36IN3O4. The molecule has 3 rings (SSSR count). The van der Waals surface area contributed by atoms with Gasteiger partial charge in [0.25, 0.3) is 0 Å². The Kier molecular flexibility index (Phi) is 9.96. The summed E-state index contributed by atoms with van der Waals surface area (Å²) in [6.07, 6.45) is 1.12. The number of aliphatic imine (C=N–C) groups is 1. The number of ether oxygens (including phenoxy) is 4. The highest BCUT2D eigenvalue weighted by molar-refractivity contribution is 14.0. The molecule has 1 N–H and O–H groups in total. The van der Waals surface area contributed by atoms with Gasteiger partial charge in [0.15, 0.2) is 17.5 Å². The molecule has 0 aliphatic carbocycles. The number of rotatable bonds is 8. The normalized spacial score (nSPS) is 18.9. The molecular weight excluding hydrogens is 497 g/mol. The number of hydrogen-bond donors (Lipinski definition) is 1. The number of fused-ring (bicyclic) bond motifs is 1. The number of nitrogens with zero attached hydrogens (tertiary/aromatic N) is 2. The first-order valence-corrected chi connectivity index (χ1v) is 10.5. The summed E-state index contributed by atoms with van der Waals surface area (Å²) in [5, 5.41) is 3.57. The molecule has 8 heteroatoms. The average Bonchev–Trinajstić information content (AvgIpc) is 3.20. The van der Waals surface area contributed by atoms with E-state index in [1.165, 1.54) is 5.56 Å². The smallest absolute Gasteiger partial charge is 0.193 e. The summed E-state index contributed by atoms with van der Waals surface area (Å²) in [7, 11) is 3.55. The third-order valence-electron chi connectivity index (χ3n) is 5.59. The highest BCUT2D eigenvalue weighted by Crippen LogP contribution is 2.35. The highest BCUT2D eigenvalue weighted by Gasteiger charge is 2.28. The van der Waals surface area contributed by atoms with Crippen molar-refractivity contribution in [2.24, 2.45) is 10.9 Å². The molecule has 1 saturated heterocycles. The summed E-state index contributed by atoms with van der Waals surface area (Å²) in [4.78, 5) is 6.83. The van der Waals surface area contributed by atoms with E-state index in [1.807, 2.05) is 13.1 Å². The number of nitrogens with one attached hydrogen (secondary N) is 1. The van der Waals surface area contributed by atoms with Gasteiger partial charge in [-0.05, 0) is 24.1 Å². The molecule has 0 spiro atoms. The predicted molar refractivity (Wildman–Crippen MR) is 130 cm³/mol. The molecule has 2 aliphatic rings. The molecule has 2 aliphatic heterocycles. The molecule has 0 saturated carbocycles. The molecule has 7 nitrogen and oxygen atoms in total. The van der Waals surface area contributed by atoms with E-state index in [0.29, 0.717) is 32.3 Å². The first-order valence-electron chi connectivity index (χ1n) is 10.5. The lowest BCUT2D eigenvalue weighted by molar-refractivity contribution is 0.0536. The van der Waals surface area contributed by atoms with Crippen molar-refractivity contribution in [2.45, 2.75) is 25.7 Å². The SMILES string of the molecule is CN=C(NCC(C)(C)c1ccc2c(c1)OCCO2)N1CCC(COCCOC)C1.I. The van der Waals surface area contributed by atoms with Crippen LogP contribution in [0.5, 0.6) is 11.5 Å². The topological polar surface area (TPSA) is 64.6 Å². The minimum atomic E-state index is -0.0752. The number of hydrogen-bond acceptors (Lipinski definition) is 5. The lowest BCUT2D eigenvalue weighted by atomic mass is 9.84. The van der Waals surface area contributed by atoms with Gasteiger partial charge in [-0.25, -0.2) is 0 Å². The van der Waals surface area contributed by atoms with Crippen molar-refractivity contribution in [1.82, 2.24) is 10.2 Å². The summed E-state index contributed by atoms with van der Waals surface area (Å²) in [5.41, 5.74) is 1.14. The Morgan fingerprint density at radius 2 is 2.00 bits per heavy atom. The number of guanidine groups is 1. The van der Waals surface area contributed by atoms with E-state index in [1.54, 1.807) is 7.11 Å². The molecule has 0 aromatic heterocycles. The second kappa shape index (κ2) is 12.0. The molecule has 0 radical (unpaired) electrons. The van der Waals surface area contributed by atoms with Crippen LogP contribution in [0, 0.1) is 5.92 Å². The standard InChI is InChI=1S/C22H35N3O4.HI/c1-22(2,18-5-6-19-20(13-18)29-12-11-28-19)16-24-21(23-3)25-8-7-17(14-25)15-27-10-9-26-4;/h5-6,13,17H,7-12,14-16H2,1-4H3,(H,23,24);1H. The molecule has 0 amide bonds. The Hall–Kier alpha value is -1.26. The van der Waals surface area contributed by atoms with Crippen LogP contribution in [-0.4, -0.2) is 77.7 Å². The van der Waals surface area contributed by atoms with E-state index in [0.717, 1.165) is 50.1 Å². The van der Waals surface area contributed by atoms with E-state index in [-0.39, 0.29) is 29.4 Å². The number of benzene rings is 1. The van der Waals surface area contributed by atoms with Gasteiger partial charge in [0.1, 0.15) is 13.2 Å². The van der Waals surface area contributed by atoms with Crippen LogP contribution < -0.4 is 14.8 Å². The van der Waals surface area contributed by atoms with Gasteiger partial charge in [0.05, 0.1) is 19.8 Å². The number of halogens is 1. The van der Waals surface area contributed by atoms with Crippen LogP contribution >= 0.6 is 24.0 Å². The molecule has 170 valence electrons. The van der Waals surface area contributed by atoms with Crippen LogP contribution in [0.4, 0.5) is 0 Å². The van der Waals surface area contributed by atoms with Gasteiger partial charge >= 0.3 is 0 Å². The van der Waals surface area contributed by atoms with E-state index < -0.39 is 0 Å². The zero-order valence-electron chi connectivity index (χ0n) is 18.6. The van der Waals surface area contributed by atoms with Gasteiger partial charge in [-0.1, -0.05) is 19.9 Å². The van der Waals surface area contributed by atoms with Gasteiger partial charge in [0.2, 0.25) is 0 Å². The van der Waals surface area contributed by atoms with Crippen LogP contribution in [0.25, 0.3) is 0 Å². The summed E-state index contributed by atoms with van der Waals surface area (Å²) in [6.45, 7) is 10.5. The lowest BCUT2D eigenvalue weighted by Gasteiger charge is -2.30. The third-order valence-corrected chi connectivity index (χ3v) is 5.59.